The predicted molar refractivity (Wildman–Crippen MR) is 106 cm³/mol. The summed E-state index contributed by atoms with van der Waals surface area (Å²) >= 11 is 1.49. The zero-order chi connectivity index (χ0) is 19.2. The molecule has 27 heavy (non-hydrogen) atoms. The summed E-state index contributed by atoms with van der Waals surface area (Å²) in [5.41, 5.74) is 2.60. The highest BCUT2D eigenvalue weighted by Crippen LogP contribution is 2.26. The maximum Gasteiger partial charge on any atom is 0.243 e. The lowest BCUT2D eigenvalue weighted by molar-refractivity contribution is -0.134. The average molecular weight is 385 g/mol. The van der Waals surface area contributed by atoms with Crippen LogP contribution >= 0.6 is 11.8 Å². The van der Waals surface area contributed by atoms with Gasteiger partial charge < -0.3 is 10.2 Å². The average Bonchev–Trinajstić information content (AvgIpc) is 2.80. The molecule has 1 N–H and O–H groups in total. The van der Waals surface area contributed by atoms with E-state index in [-0.39, 0.29) is 18.4 Å². The minimum Gasteiger partial charge on any atom is -0.333 e. The van der Waals surface area contributed by atoms with Crippen LogP contribution in [0.4, 0.5) is 5.69 Å². The molecular formula is C20H24N4O2S. The van der Waals surface area contributed by atoms with Gasteiger partial charge in [0.2, 0.25) is 11.8 Å². The Kier molecular flexibility index (Phi) is 6.45. The molecule has 2 heterocycles. The maximum absolute atomic E-state index is 12.3. The number of nitrogens with one attached hydrogen (secondary N) is 1. The fourth-order valence-corrected chi connectivity index (χ4v) is 3.89. The van der Waals surface area contributed by atoms with Gasteiger partial charge >= 0.3 is 0 Å². The Labute approximate surface area is 163 Å². The molecule has 1 aliphatic heterocycles. The number of likely N-dealkylation sites (tertiary alicyclic amines) is 1. The van der Waals surface area contributed by atoms with E-state index in [2.05, 4.69) is 15.3 Å². The van der Waals surface area contributed by atoms with Crippen LogP contribution in [-0.4, -0.2) is 39.8 Å². The molecule has 142 valence electrons. The standard InChI is InChI=1S/C20H24N4O2S/c1-14-12-15(2)22-20(21-14)27-17-9-7-16(8-10-17)23-18(25)13-24-11-5-3-4-6-19(24)26/h7-10,12H,3-6,11,13H2,1-2H3,(H,23,25). The van der Waals surface area contributed by atoms with Crippen molar-refractivity contribution in [1.82, 2.24) is 14.9 Å². The van der Waals surface area contributed by atoms with E-state index in [0.717, 1.165) is 35.5 Å². The van der Waals surface area contributed by atoms with Gasteiger partial charge in [-0.2, -0.15) is 0 Å². The van der Waals surface area contributed by atoms with Gasteiger partial charge in [-0.05, 0) is 68.8 Å². The van der Waals surface area contributed by atoms with Crippen molar-refractivity contribution in [3.8, 4) is 0 Å². The number of carbonyl (C=O) groups excluding carboxylic acids is 2. The summed E-state index contributed by atoms with van der Waals surface area (Å²) in [4.78, 5) is 35.8. The van der Waals surface area contributed by atoms with Gasteiger partial charge in [-0.3, -0.25) is 9.59 Å². The molecule has 1 aromatic carbocycles. The second-order valence-corrected chi connectivity index (χ2v) is 7.77. The molecule has 1 saturated heterocycles. The minimum absolute atomic E-state index is 0.0721. The summed E-state index contributed by atoms with van der Waals surface area (Å²) in [5, 5.41) is 3.58. The number of hydrogen-bond acceptors (Lipinski definition) is 5. The van der Waals surface area contributed by atoms with Crippen molar-refractivity contribution in [1.29, 1.82) is 0 Å². The first-order valence-electron chi connectivity index (χ1n) is 9.17. The van der Waals surface area contributed by atoms with Gasteiger partial charge in [-0.1, -0.05) is 6.42 Å². The number of anilines is 1. The minimum atomic E-state index is -0.164. The van der Waals surface area contributed by atoms with Crippen LogP contribution in [0.15, 0.2) is 40.4 Å². The highest BCUT2D eigenvalue weighted by Gasteiger charge is 2.19. The normalized spacial score (nSPS) is 14.7. The quantitative estimate of drug-likeness (QED) is 0.798. The van der Waals surface area contributed by atoms with Gasteiger partial charge in [0.15, 0.2) is 5.16 Å². The summed E-state index contributed by atoms with van der Waals surface area (Å²) in [7, 11) is 0. The van der Waals surface area contributed by atoms with Crippen molar-refractivity contribution in [3.05, 3.63) is 41.7 Å². The zero-order valence-corrected chi connectivity index (χ0v) is 16.5. The van der Waals surface area contributed by atoms with Crippen LogP contribution in [0.5, 0.6) is 0 Å². The first kappa shape index (κ1) is 19.4. The van der Waals surface area contributed by atoms with Gasteiger partial charge in [0.25, 0.3) is 0 Å². The molecule has 6 nitrogen and oxygen atoms in total. The van der Waals surface area contributed by atoms with Crippen molar-refractivity contribution in [2.24, 2.45) is 0 Å². The van der Waals surface area contributed by atoms with Gasteiger partial charge in [0, 0.05) is 34.9 Å². The Morgan fingerprint density at radius 2 is 1.81 bits per heavy atom. The Bertz CT molecular complexity index is 803. The van der Waals surface area contributed by atoms with Crippen LogP contribution in [0, 0.1) is 13.8 Å². The molecule has 3 rings (SSSR count). The zero-order valence-electron chi connectivity index (χ0n) is 15.7. The number of benzene rings is 1. The Morgan fingerprint density at radius 1 is 1.11 bits per heavy atom. The van der Waals surface area contributed by atoms with Gasteiger partial charge in [-0.15, -0.1) is 0 Å². The van der Waals surface area contributed by atoms with Crippen molar-refractivity contribution in [3.63, 3.8) is 0 Å². The molecule has 1 aliphatic rings. The highest BCUT2D eigenvalue weighted by atomic mass is 32.2. The van der Waals surface area contributed by atoms with Crippen molar-refractivity contribution in [2.45, 2.75) is 49.6 Å². The molecule has 2 amide bonds. The Morgan fingerprint density at radius 3 is 2.52 bits per heavy atom. The molecular weight excluding hydrogens is 360 g/mol. The van der Waals surface area contributed by atoms with Crippen LogP contribution in [0.25, 0.3) is 0 Å². The molecule has 1 aromatic heterocycles. The fraction of sp³-hybridized carbons (Fsp3) is 0.400. The third-order valence-electron chi connectivity index (χ3n) is 4.31. The van der Waals surface area contributed by atoms with E-state index in [1.54, 1.807) is 4.90 Å². The number of carbonyl (C=O) groups is 2. The first-order chi connectivity index (χ1) is 13.0. The van der Waals surface area contributed by atoms with Crippen molar-refractivity contribution >= 4 is 29.3 Å². The fourth-order valence-electron chi connectivity index (χ4n) is 3.03. The molecule has 0 radical (unpaired) electrons. The molecule has 1 fully saturated rings. The number of aryl methyl sites for hydroxylation is 2. The van der Waals surface area contributed by atoms with E-state index < -0.39 is 0 Å². The summed E-state index contributed by atoms with van der Waals surface area (Å²) in [6.07, 6.45) is 3.47. The smallest absolute Gasteiger partial charge is 0.243 e. The number of aromatic nitrogens is 2. The summed E-state index contributed by atoms with van der Waals surface area (Å²) in [6.45, 7) is 4.68. The SMILES string of the molecule is Cc1cc(C)nc(Sc2ccc(NC(=O)CN3CCCCCC3=O)cc2)n1. The van der Waals surface area contributed by atoms with Gasteiger partial charge in [0.1, 0.15) is 0 Å². The van der Waals surface area contributed by atoms with Crippen molar-refractivity contribution in [2.75, 3.05) is 18.4 Å². The summed E-state index contributed by atoms with van der Waals surface area (Å²) in [5.74, 6) is -0.0915. The van der Waals surface area contributed by atoms with E-state index in [1.165, 1.54) is 11.8 Å². The number of nitrogens with zero attached hydrogens (tertiary/aromatic N) is 3. The van der Waals surface area contributed by atoms with Crippen molar-refractivity contribution < 1.29 is 9.59 Å². The van der Waals surface area contributed by atoms with E-state index in [9.17, 15) is 9.59 Å². The van der Waals surface area contributed by atoms with Crippen LogP contribution in [0.3, 0.4) is 0 Å². The van der Waals surface area contributed by atoms with Crippen LogP contribution in [0.1, 0.15) is 37.1 Å². The monoisotopic (exact) mass is 384 g/mol. The summed E-state index contributed by atoms with van der Waals surface area (Å²) < 4.78 is 0. The molecule has 0 unspecified atom stereocenters. The van der Waals surface area contributed by atoms with E-state index in [1.807, 2.05) is 44.2 Å². The van der Waals surface area contributed by atoms with E-state index in [0.29, 0.717) is 23.8 Å². The largest absolute Gasteiger partial charge is 0.333 e. The van der Waals surface area contributed by atoms with Crippen LogP contribution in [-0.2, 0) is 9.59 Å². The molecule has 0 saturated carbocycles. The topological polar surface area (TPSA) is 75.2 Å². The number of amides is 2. The number of hydrogen-bond donors (Lipinski definition) is 1. The van der Waals surface area contributed by atoms with E-state index >= 15 is 0 Å². The Hall–Kier alpha value is -2.41. The lowest BCUT2D eigenvalue weighted by atomic mass is 10.2. The van der Waals surface area contributed by atoms with Crippen LogP contribution in [0.2, 0.25) is 0 Å². The first-order valence-corrected chi connectivity index (χ1v) is 9.99. The van der Waals surface area contributed by atoms with Gasteiger partial charge in [0.05, 0.1) is 6.54 Å². The second-order valence-electron chi connectivity index (χ2n) is 6.73. The highest BCUT2D eigenvalue weighted by molar-refractivity contribution is 7.99. The molecule has 0 bridgehead atoms. The Balaban J connectivity index is 1.56. The molecule has 2 aromatic rings. The predicted octanol–water partition coefficient (Wildman–Crippen LogP) is 3.59. The third kappa shape index (κ3) is 5.79. The van der Waals surface area contributed by atoms with Gasteiger partial charge in [-0.25, -0.2) is 9.97 Å². The second kappa shape index (κ2) is 8.99. The molecule has 0 aliphatic carbocycles. The molecule has 7 heteroatoms. The maximum atomic E-state index is 12.3. The molecule has 0 spiro atoms. The third-order valence-corrected chi connectivity index (χ3v) is 5.19. The summed E-state index contributed by atoms with van der Waals surface area (Å²) in [6, 6.07) is 9.51. The lowest BCUT2D eigenvalue weighted by Crippen LogP contribution is -2.37. The number of rotatable bonds is 5. The van der Waals surface area contributed by atoms with Crippen LogP contribution < -0.4 is 5.32 Å². The van der Waals surface area contributed by atoms with E-state index in [4.69, 9.17) is 0 Å². The molecule has 0 atom stereocenters. The lowest BCUT2D eigenvalue weighted by Gasteiger charge is -2.19.